The maximum absolute atomic E-state index is 12.4. The molecule has 0 unspecified atom stereocenters. The van der Waals surface area contributed by atoms with Gasteiger partial charge in [0.15, 0.2) is 0 Å². The fourth-order valence-corrected chi connectivity index (χ4v) is 2.69. The van der Waals surface area contributed by atoms with Gasteiger partial charge in [-0.15, -0.1) is 11.3 Å². The number of aromatic amines is 1. The van der Waals surface area contributed by atoms with Gasteiger partial charge in [0.05, 0.1) is 34.6 Å². The van der Waals surface area contributed by atoms with Gasteiger partial charge in [-0.1, -0.05) is 0 Å². The van der Waals surface area contributed by atoms with Gasteiger partial charge in [-0.25, -0.2) is 9.97 Å². The van der Waals surface area contributed by atoms with Crippen LogP contribution in [0.25, 0.3) is 11.0 Å². The Morgan fingerprint density at radius 1 is 1.45 bits per heavy atom. The summed E-state index contributed by atoms with van der Waals surface area (Å²) in [5.74, 6) is -0.0212. The van der Waals surface area contributed by atoms with Gasteiger partial charge in [-0.2, -0.15) is 0 Å². The first-order valence-corrected chi connectivity index (χ1v) is 7.11. The molecule has 0 bridgehead atoms. The molecule has 0 aliphatic heterocycles. The van der Waals surface area contributed by atoms with E-state index in [1.807, 2.05) is 24.4 Å². The summed E-state index contributed by atoms with van der Waals surface area (Å²) in [6, 6.07) is 5.47. The maximum atomic E-state index is 12.4. The van der Waals surface area contributed by atoms with E-state index in [0.717, 1.165) is 21.7 Å². The van der Waals surface area contributed by atoms with Crippen molar-refractivity contribution in [2.45, 2.75) is 13.5 Å². The topological polar surface area (TPSA) is 61.9 Å². The van der Waals surface area contributed by atoms with Crippen molar-refractivity contribution in [3.8, 4) is 0 Å². The van der Waals surface area contributed by atoms with Gasteiger partial charge in [0.25, 0.3) is 5.91 Å². The molecule has 0 spiro atoms. The van der Waals surface area contributed by atoms with Crippen LogP contribution in [0, 0.1) is 6.92 Å². The first-order chi connectivity index (χ1) is 9.63. The smallest absolute Gasteiger partial charge is 0.254 e. The SMILES string of the molecule is Cc1nc(CN(C)C(=O)c2ccc3nc[nH]c3c2)cs1. The number of carbonyl (C=O) groups is 1. The number of fused-ring (bicyclic) bond motifs is 1. The van der Waals surface area contributed by atoms with Crippen molar-refractivity contribution >= 4 is 28.3 Å². The number of aromatic nitrogens is 3. The minimum Gasteiger partial charge on any atom is -0.345 e. The van der Waals surface area contributed by atoms with Gasteiger partial charge in [0, 0.05) is 18.0 Å². The molecule has 3 rings (SSSR count). The number of imidazole rings is 1. The Kier molecular flexibility index (Phi) is 3.23. The lowest BCUT2D eigenvalue weighted by atomic mass is 10.2. The third kappa shape index (κ3) is 2.42. The second kappa shape index (κ2) is 5.05. The lowest BCUT2D eigenvalue weighted by molar-refractivity contribution is 0.0783. The Bertz CT molecular complexity index is 761. The maximum Gasteiger partial charge on any atom is 0.254 e. The van der Waals surface area contributed by atoms with Gasteiger partial charge < -0.3 is 9.88 Å². The zero-order valence-corrected chi connectivity index (χ0v) is 12.1. The van der Waals surface area contributed by atoms with E-state index in [-0.39, 0.29) is 5.91 Å². The third-order valence-electron chi connectivity index (χ3n) is 3.08. The molecule has 6 heteroatoms. The number of amides is 1. The number of hydrogen-bond acceptors (Lipinski definition) is 4. The molecular formula is C14H14N4OS. The highest BCUT2D eigenvalue weighted by Crippen LogP contribution is 2.15. The van der Waals surface area contributed by atoms with E-state index in [1.165, 1.54) is 0 Å². The molecule has 0 fully saturated rings. The van der Waals surface area contributed by atoms with Crippen molar-refractivity contribution in [3.63, 3.8) is 0 Å². The van der Waals surface area contributed by atoms with Crippen molar-refractivity contribution < 1.29 is 4.79 Å². The second-order valence-electron chi connectivity index (χ2n) is 4.65. The van der Waals surface area contributed by atoms with Crippen molar-refractivity contribution in [1.29, 1.82) is 0 Å². The number of rotatable bonds is 3. The molecule has 102 valence electrons. The summed E-state index contributed by atoms with van der Waals surface area (Å²) < 4.78 is 0. The van der Waals surface area contributed by atoms with Crippen molar-refractivity contribution in [1.82, 2.24) is 19.9 Å². The van der Waals surface area contributed by atoms with E-state index in [4.69, 9.17) is 0 Å². The Balaban J connectivity index is 1.80. The molecule has 0 saturated heterocycles. The standard InChI is InChI=1S/C14H14N4OS/c1-9-17-11(7-20-9)6-18(2)14(19)10-3-4-12-13(5-10)16-8-15-12/h3-5,7-8H,6H2,1-2H3,(H,15,16). The average molecular weight is 286 g/mol. The van der Waals surface area contributed by atoms with E-state index in [9.17, 15) is 4.79 Å². The highest BCUT2D eigenvalue weighted by atomic mass is 32.1. The summed E-state index contributed by atoms with van der Waals surface area (Å²) in [4.78, 5) is 25.6. The average Bonchev–Trinajstić information content (AvgIpc) is 3.05. The van der Waals surface area contributed by atoms with Gasteiger partial charge in [-0.3, -0.25) is 4.79 Å². The number of H-pyrrole nitrogens is 1. The molecule has 1 N–H and O–H groups in total. The van der Waals surface area contributed by atoms with Gasteiger partial charge in [-0.05, 0) is 25.1 Å². The van der Waals surface area contributed by atoms with Crippen LogP contribution in [0.1, 0.15) is 21.1 Å². The molecule has 0 aliphatic carbocycles. The van der Waals surface area contributed by atoms with Crippen LogP contribution < -0.4 is 0 Å². The number of thiazole rings is 1. The highest BCUT2D eigenvalue weighted by Gasteiger charge is 2.14. The number of nitrogens with zero attached hydrogens (tertiary/aromatic N) is 3. The van der Waals surface area contributed by atoms with E-state index in [0.29, 0.717) is 12.1 Å². The fourth-order valence-electron chi connectivity index (χ4n) is 2.08. The van der Waals surface area contributed by atoms with Crippen LogP contribution in [0.4, 0.5) is 0 Å². The van der Waals surface area contributed by atoms with Crippen LogP contribution in [0.2, 0.25) is 0 Å². The summed E-state index contributed by atoms with van der Waals surface area (Å²) in [6.45, 7) is 2.48. The predicted octanol–water partition coefficient (Wildman–Crippen LogP) is 2.60. The minimum absolute atomic E-state index is 0.0212. The molecule has 0 saturated carbocycles. The molecule has 1 amide bonds. The monoisotopic (exact) mass is 286 g/mol. The first-order valence-electron chi connectivity index (χ1n) is 6.23. The highest BCUT2D eigenvalue weighted by molar-refractivity contribution is 7.09. The molecular weight excluding hydrogens is 272 g/mol. The van der Waals surface area contributed by atoms with Crippen LogP contribution in [0.3, 0.4) is 0 Å². The van der Waals surface area contributed by atoms with Gasteiger partial charge in [0.1, 0.15) is 0 Å². The van der Waals surface area contributed by atoms with E-state index < -0.39 is 0 Å². The Hall–Kier alpha value is -2.21. The predicted molar refractivity (Wildman–Crippen MR) is 78.7 cm³/mol. The Labute approximate surface area is 120 Å². The summed E-state index contributed by atoms with van der Waals surface area (Å²) in [5.41, 5.74) is 3.30. The zero-order valence-electron chi connectivity index (χ0n) is 11.3. The zero-order chi connectivity index (χ0) is 14.1. The number of aryl methyl sites for hydroxylation is 1. The quantitative estimate of drug-likeness (QED) is 0.805. The van der Waals surface area contributed by atoms with E-state index >= 15 is 0 Å². The Morgan fingerprint density at radius 3 is 3.05 bits per heavy atom. The van der Waals surface area contributed by atoms with Crippen LogP contribution in [0.15, 0.2) is 29.9 Å². The molecule has 0 aliphatic rings. The lowest BCUT2D eigenvalue weighted by Gasteiger charge is -2.15. The normalized spacial score (nSPS) is 10.9. The molecule has 5 nitrogen and oxygen atoms in total. The first kappa shape index (κ1) is 12.8. The molecule has 2 aromatic heterocycles. The lowest BCUT2D eigenvalue weighted by Crippen LogP contribution is -2.26. The molecule has 3 aromatic rings. The summed E-state index contributed by atoms with van der Waals surface area (Å²) in [6.07, 6.45) is 1.63. The van der Waals surface area contributed by atoms with Crippen LogP contribution in [-0.4, -0.2) is 32.8 Å². The summed E-state index contributed by atoms with van der Waals surface area (Å²) in [7, 11) is 1.79. The van der Waals surface area contributed by atoms with Gasteiger partial charge in [0.2, 0.25) is 0 Å². The molecule has 1 aromatic carbocycles. The number of carbonyl (C=O) groups excluding carboxylic acids is 1. The van der Waals surface area contributed by atoms with E-state index in [2.05, 4.69) is 15.0 Å². The van der Waals surface area contributed by atoms with Crippen LogP contribution in [0.5, 0.6) is 0 Å². The Morgan fingerprint density at radius 2 is 2.30 bits per heavy atom. The van der Waals surface area contributed by atoms with Crippen LogP contribution >= 0.6 is 11.3 Å². The largest absolute Gasteiger partial charge is 0.345 e. The molecule has 0 atom stereocenters. The minimum atomic E-state index is -0.0212. The van der Waals surface area contributed by atoms with Crippen molar-refractivity contribution in [3.05, 3.63) is 46.2 Å². The number of benzene rings is 1. The molecule has 20 heavy (non-hydrogen) atoms. The van der Waals surface area contributed by atoms with Crippen molar-refractivity contribution in [2.75, 3.05) is 7.05 Å². The molecule has 2 heterocycles. The third-order valence-corrected chi connectivity index (χ3v) is 3.90. The summed E-state index contributed by atoms with van der Waals surface area (Å²) in [5, 5.41) is 3.00. The van der Waals surface area contributed by atoms with Crippen molar-refractivity contribution in [2.24, 2.45) is 0 Å². The number of nitrogens with one attached hydrogen (secondary N) is 1. The van der Waals surface area contributed by atoms with Crippen LogP contribution in [-0.2, 0) is 6.54 Å². The summed E-state index contributed by atoms with van der Waals surface area (Å²) >= 11 is 1.59. The van der Waals surface area contributed by atoms with E-state index in [1.54, 1.807) is 35.7 Å². The second-order valence-corrected chi connectivity index (χ2v) is 5.72. The van der Waals surface area contributed by atoms with Gasteiger partial charge >= 0.3 is 0 Å². The molecule has 0 radical (unpaired) electrons. The number of hydrogen-bond donors (Lipinski definition) is 1. The fraction of sp³-hybridized carbons (Fsp3) is 0.214.